The molecule has 12 nitrogen and oxygen atoms in total. The van der Waals surface area contributed by atoms with Gasteiger partial charge in [0.15, 0.2) is 0 Å². The Labute approximate surface area is 134 Å². The number of hydrogen-bond acceptors (Lipinski definition) is 9. The van der Waals surface area contributed by atoms with Gasteiger partial charge in [0.25, 0.3) is 0 Å². The van der Waals surface area contributed by atoms with Crippen LogP contribution in [0.3, 0.4) is 0 Å². The average Bonchev–Trinajstić information content (AvgIpc) is 2.86. The third-order valence-corrected chi connectivity index (χ3v) is 2.81. The van der Waals surface area contributed by atoms with Crippen LogP contribution in [0.25, 0.3) is 0 Å². The largest absolute Gasteiger partial charge is 0.478 e. The Morgan fingerprint density at radius 1 is 1.38 bits per heavy atom. The Kier molecular flexibility index (Phi) is 6.98. The van der Waals surface area contributed by atoms with Crippen LogP contribution in [0.5, 0.6) is 0 Å². The van der Waals surface area contributed by atoms with Crippen molar-refractivity contribution in [3.63, 3.8) is 0 Å². The molecular formula is C12H16N4O8. The van der Waals surface area contributed by atoms with E-state index in [1.54, 1.807) is 0 Å². The number of ether oxygens (including phenoxy) is 1. The summed E-state index contributed by atoms with van der Waals surface area (Å²) in [5.41, 5.74) is 4.65. The number of aliphatic hydroxyl groups is 2. The number of aliphatic carboxylic acids is 2. The lowest BCUT2D eigenvalue weighted by atomic mass is 10.2. The van der Waals surface area contributed by atoms with Crippen LogP contribution in [0.15, 0.2) is 23.3 Å². The minimum atomic E-state index is -1.26. The average molecular weight is 344 g/mol. The monoisotopic (exact) mass is 344 g/mol. The first-order chi connectivity index (χ1) is 11.2. The van der Waals surface area contributed by atoms with E-state index in [1.807, 2.05) is 0 Å². The molecule has 1 saturated heterocycles. The van der Waals surface area contributed by atoms with Gasteiger partial charge >= 0.3 is 17.6 Å². The van der Waals surface area contributed by atoms with Gasteiger partial charge in [-0.15, -0.1) is 0 Å². The van der Waals surface area contributed by atoms with Gasteiger partial charge in [0.1, 0.15) is 18.7 Å². The summed E-state index contributed by atoms with van der Waals surface area (Å²) < 4.78 is 6.41. The molecule has 0 amide bonds. The highest BCUT2D eigenvalue weighted by molar-refractivity contribution is 5.89. The van der Waals surface area contributed by atoms with E-state index in [9.17, 15) is 19.5 Å². The zero-order valence-corrected chi connectivity index (χ0v) is 12.2. The number of aromatic nitrogens is 3. The van der Waals surface area contributed by atoms with E-state index in [-0.39, 0.29) is 19.0 Å². The number of carbonyl (C=O) groups is 2. The van der Waals surface area contributed by atoms with Crippen LogP contribution >= 0.6 is 0 Å². The van der Waals surface area contributed by atoms with E-state index in [0.29, 0.717) is 12.2 Å². The van der Waals surface area contributed by atoms with Gasteiger partial charge in [-0.3, -0.25) is 4.57 Å². The molecule has 3 atom stereocenters. The predicted molar refractivity (Wildman–Crippen MR) is 76.7 cm³/mol. The van der Waals surface area contributed by atoms with Gasteiger partial charge in [-0.2, -0.15) is 4.98 Å². The van der Waals surface area contributed by atoms with Gasteiger partial charge in [-0.25, -0.2) is 19.4 Å². The lowest BCUT2D eigenvalue weighted by Gasteiger charge is -2.13. The normalized spacial score (nSPS) is 22.8. The summed E-state index contributed by atoms with van der Waals surface area (Å²) in [6.45, 7) is -0.303. The molecule has 6 N–H and O–H groups in total. The summed E-state index contributed by atoms with van der Waals surface area (Å²) in [6, 6.07) is 0. The molecule has 0 radical (unpaired) electrons. The fourth-order valence-corrected chi connectivity index (χ4v) is 1.75. The quantitative estimate of drug-likeness (QED) is 0.364. The molecule has 0 spiro atoms. The van der Waals surface area contributed by atoms with Crippen LogP contribution in [0.4, 0.5) is 5.95 Å². The number of nitrogen functional groups attached to an aromatic ring is 1. The number of anilines is 1. The molecule has 0 saturated carbocycles. The second kappa shape index (κ2) is 8.71. The Balaban J connectivity index is 0.000000307. The maximum atomic E-state index is 11.4. The van der Waals surface area contributed by atoms with Crippen molar-refractivity contribution < 1.29 is 34.8 Å². The van der Waals surface area contributed by atoms with E-state index in [1.165, 1.54) is 6.33 Å². The minimum Gasteiger partial charge on any atom is -0.478 e. The molecule has 0 aliphatic carbocycles. The third-order valence-electron chi connectivity index (χ3n) is 2.81. The van der Waals surface area contributed by atoms with Crippen molar-refractivity contribution in [1.29, 1.82) is 0 Å². The van der Waals surface area contributed by atoms with Gasteiger partial charge in [-0.1, -0.05) is 0 Å². The fourth-order valence-electron chi connectivity index (χ4n) is 1.75. The lowest BCUT2D eigenvalue weighted by Crippen LogP contribution is -2.28. The molecule has 2 rings (SSSR count). The number of hydrogen-bond donors (Lipinski definition) is 5. The van der Waals surface area contributed by atoms with Crippen LogP contribution in [-0.4, -0.2) is 65.7 Å². The van der Waals surface area contributed by atoms with Crippen LogP contribution in [-0.2, 0) is 14.3 Å². The molecule has 1 aliphatic heterocycles. The lowest BCUT2D eigenvalue weighted by molar-refractivity contribution is -0.134. The van der Waals surface area contributed by atoms with Crippen molar-refractivity contribution in [3.8, 4) is 0 Å². The zero-order valence-electron chi connectivity index (χ0n) is 12.2. The van der Waals surface area contributed by atoms with Gasteiger partial charge in [0.2, 0.25) is 5.95 Å². The first-order valence-corrected chi connectivity index (χ1v) is 6.53. The summed E-state index contributed by atoms with van der Waals surface area (Å²) >= 11 is 0. The molecule has 0 bridgehead atoms. The van der Waals surface area contributed by atoms with Gasteiger partial charge < -0.3 is 30.9 Å². The molecule has 1 aliphatic rings. The number of rotatable bonds is 4. The number of nitrogens with two attached hydrogens (primary N) is 1. The van der Waals surface area contributed by atoms with Gasteiger partial charge in [-0.05, 0) is 0 Å². The molecular weight excluding hydrogens is 328 g/mol. The number of nitrogens with zero attached hydrogens (tertiary/aromatic N) is 3. The molecule has 1 fully saturated rings. The van der Waals surface area contributed by atoms with E-state index in [0.717, 1.165) is 4.57 Å². The van der Waals surface area contributed by atoms with E-state index < -0.39 is 36.1 Å². The summed E-state index contributed by atoms with van der Waals surface area (Å²) in [4.78, 5) is 37.7. The minimum absolute atomic E-state index is 0.112. The zero-order chi connectivity index (χ0) is 18.3. The Morgan fingerprint density at radius 2 is 1.96 bits per heavy atom. The Morgan fingerprint density at radius 3 is 2.38 bits per heavy atom. The Bertz CT molecular complexity index is 657. The topological polar surface area (TPSA) is 198 Å². The van der Waals surface area contributed by atoms with Crippen LogP contribution in [0.2, 0.25) is 0 Å². The number of aliphatic hydroxyl groups excluding tert-OH is 2. The molecule has 0 unspecified atom stereocenters. The third kappa shape index (κ3) is 5.75. The molecule has 2 heterocycles. The van der Waals surface area contributed by atoms with E-state index in [2.05, 4.69) is 9.97 Å². The van der Waals surface area contributed by atoms with Crippen molar-refractivity contribution >= 4 is 17.9 Å². The van der Waals surface area contributed by atoms with Crippen LogP contribution in [0.1, 0.15) is 12.6 Å². The fraction of sp³-hybridized carbons (Fsp3) is 0.417. The Hall–Kier alpha value is -2.83. The second-order valence-electron chi connectivity index (χ2n) is 4.53. The highest BCUT2D eigenvalue weighted by atomic mass is 16.5. The molecule has 132 valence electrons. The predicted octanol–water partition coefficient (Wildman–Crippen LogP) is -2.43. The maximum absolute atomic E-state index is 11.4. The maximum Gasteiger partial charge on any atom is 0.354 e. The van der Waals surface area contributed by atoms with Crippen LogP contribution in [0, 0.1) is 0 Å². The second-order valence-corrected chi connectivity index (χ2v) is 4.53. The summed E-state index contributed by atoms with van der Waals surface area (Å²) in [6.07, 6.45) is 0.374. The summed E-state index contributed by atoms with van der Waals surface area (Å²) in [7, 11) is 0. The smallest absolute Gasteiger partial charge is 0.354 e. The van der Waals surface area contributed by atoms with Gasteiger partial charge in [0.05, 0.1) is 12.7 Å². The van der Waals surface area contributed by atoms with E-state index in [4.69, 9.17) is 25.8 Å². The molecule has 1 aromatic rings. The standard InChI is InChI=1S/C8H12N4O4.C4H4O4/c9-7-10-3-12(8(15)11-7)6-1-4(14)5(2-13)16-6;5-3(6)1-2-4(7)8/h3-6,13-14H,1-2H2,(H2,9,11,15);1-2H,(H,5,6)(H,7,8)/b;2-1+/t4-,5+,6+;/m0./s1. The first kappa shape index (κ1) is 19.2. The van der Waals surface area contributed by atoms with E-state index >= 15 is 0 Å². The SMILES string of the molecule is Nc1ncn([C@H]2C[C@H](O)[C@@H](CO)O2)c(=O)n1.O=C(O)/C=C/C(=O)O. The molecule has 0 aromatic carbocycles. The van der Waals surface area contributed by atoms with Gasteiger partial charge in [0, 0.05) is 18.6 Å². The molecule has 12 heteroatoms. The number of carboxylic acids is 2. The first-order valence-electron chi connectivity index (χ1n) is 6.53. The van der Waals surface area contributed by atoms with Crippen molar-refractivity contribution in [2.75, 3.05) is 12.3 Å². The van der Waals surface area contributed by atoms with Crippen LogP contribution < -0.4 is 11.4 Å². The summed E-state index contributed by atoms with van der Waals surface area (Å²) in [5.74, 6) is -2.63. The van der Waals surface area contributed by atoms with Crippen molar-refractivity contribution in [2.24, 2.45) is 0 Å². The van der Waals surface area contributed by atoms with Crippen molar-refractivity contribution in [2.45, 2.75) is 24.9 Å². The highest BCUT2D eigenvalue weighted by Crippen LogP contribution is 2.26. The van der Waals surface area contributed by atoms with Crippen molar-refractivity contribution in [3.05, 3.63) is 29.0 Å². The van der Waals surface area contributed by atoms with Crippen molar-refractivity contribution in [1.82, 2.24) is 14.5 Å². The number of carboxylic acid groups (broad SMARTS) is 2. The molecule has 24 heavy (non-hydrogen) atoms. The molecule has 1 aromatic heterocycles. The summed E-state index contributed by atoms with van der Waals surface area (Å²) in [5, 5.41) is 34.0. The highest BCUT2D eigenvalue weighted by Gasteiger charge is 2.35.